The molecule has 0 radical (unpaired) electrons. The molecule has 0 spiro atoms. The zero-order valence-electron chi connectivity index (χ0n) is 9.07. The molecule has 86 valence electrons. The van der Waals surface area contributed by atoms with Crippen LogP contribution in [0.25, 0.3) is 11.1 Å². The number of rotatable bonds is 3. The molecule has 2 aromatic rings. The van der Waals surface area contributed by atoms with Crippen molar-refractivity contribution in [2.45, 2.75) is 6.92 Å². The summed E-state index contributed by atoms with van der Waals surface area (Å²) < 4.78 is 5.24. The van der Waals surface area contributed by atoms with Gasteiger partial charge in [0.25, 0.3) is 11.0 Å². The minimum absolute atomic E-state index is 0.00583. The fraction of sp³-hybridized carbons (Fsp3) is 0.0769. The summed E-state index contributed by atoms with van der Waals surface area (Å²) in [6.07, 6.45) is 0. The number of carbonyl (C=O) groups is 2. The van der Waals surface area contributed by atoms with E-state index in [9.17, 15) is 9.59 Å². The first-order valence-corrected chi connectivity index (χ1v) is 5.37. The Kier molecular flexibility index (Phi) is 3.11. The minimum Gasteiger partial charge on any atom is -0.457 e. The Hall–Kier alpha value is -1.87. The van der Waals surface area contributed by atoms with Crippen LogP contribution < -0.4 is 0 Å². The minimum atomic E-state index is -1.04. The van der Waals surface area contributed by atoms with Crippen LogP contribution in [0.3, 0.4) is 0 Å². The van der Waals surface area contributed by atoms with Crippen LogP contribution in [0.15, 0.2) is 40.8 Å². The molecule has 0 fully saturated rings. The molecule has 0 bridgehead atoms. The summed E-state index contributed by atoms with van der Waals surface area (Å²) >= 11 is 5.18. The Morgan fingerprint density at radius 1 is 1.18 bits per heavy atom. The first kappa shape index (κ1) is 11.6. The predicted octanol–water partition coefficient (Wildman–Crippen LogP) is 3.20. The maximum atomic E-state index is 11.6. The van der Waals surface area contributed by atoms with Gasteiger partial charge in [0, 0.05) is 5.56 Å². The van der Waals surface area contributed by atoms with Crippen molar-refractivity contribution in [2.75, 3.05) is 0 Å². The molecule has 0 saturated heterocycles. The van der Waals surface area contributed by atoms with Gasteiger partial charge >= 0.3 is 0 Å². The van der Waals surface area contributed by atoms with Crippen LogP contribution in [-0.4, -0.2) is 11.0 Å². The lowest BCUT2D eigenvalue weighted by Gasteiger charge is -1.98. The second-order valence-corrected chi connectivity index (χ2v) is 3.91. The molecule has 1 heterocycles. The Bertz CT molecular complexity index is 570. The van der Waals surface area contributed by atoms with Crippen molar-refractivity contribution >= 4 is 22.6 Å². The molecule has 0 unspecified atom stereocenters. The third kappa shape index (κ3) is 2.29. The first-order valence-electron chi connectivity index (χ1n) is 4.99. The number of Topliss-reactive ketones (excluding diaryl/α,β-unsaturated/α-hetero) is 1. The number of hydrogen-bond acceptors (Lipinski definition) is 3. The highest BCUT2D eigenvalue weighted by Crippen LogP contribution is 2.27. The van der Waals surface area contributed by atoms with Gasteiger partial charge in [-0.25, -0.2) is 0 Å². The zero-order valence-corrected chi connectivity index (χ0v) is 9.82. The molecule has 1 aromatic heterocycles. The van der Waals surface area contributed by atoms with E-state index in [1.807, 2.05) is 30.3 Å². The number of aryl methyl sites for hydroxylation is 1. The maximum Gasteiger partial charge on any atom is 0.296 e. The van der Waals surface area contributed by atoms with Gasteiger partial charge in [-0.15, -0.1) is 0 Å². The van der Waals surface area contributed by atoms with Gasteiger partial charge in [0.2, 0.25) is 0 Å². The molecule has 0 amide bonds. The summed E-state index contributed by atoms with van der Waals surface area (Å²) in [4.78, 5) is 22.5. The van der Waals surface area contributed by atoms with Crippen LogP contribution in [0.4, 0.5) is 0 Å². The Labute approximate surface area is 103 Å². The third-order valence-electron chi connectivity index (χ3n) is 2.32. The molecule has 0 aliphatic heterocycles. The lowest BCUT2D eigenvalue weighted by atomic mass is 10.0. The fourth-order valence-electron chi connectivity index (χ4n) is 1.60. The van der Waals surface area contributed by atoms with E-state index in [1.54, 1.807) is 13.0 Å². The molecule has 4 heteroatoms. The Morgan fingerprint density at radius 2 is 1.82 bits per heavy atom. The number of carbonyl (C=O) groups excluding carboxylic acids is 2. The van der Waals surface area contributed by atoms with E-state index in [0.717, 1.165) is 5.56 Å². The Balaban J connectivity index is 2.56. The SMILES string of the molecule is Cc1cc(-c2ccccc2)c(C(=O)C(=O)Cl)o1. The van der Waals surface area contributed by atoms with Crippen LogP contribution in [0.5, 0.6) is 0 Å². The molecule has 0 atom stereocenters. The largest absolute Gasteiger partial charge is 0.457 e. The van der Waals surface area contributed by atoms with E-state index in [1.165, 1.54) is 0 Å². The summed E-state index contributed by atoms with van der Waals surface area (Å²) in [6.45, 7) is 1.71. The molecule has 0 aliphatic carbocycles. The highest BCUT2D eigenvalue weighted by atomic mass is 35.5. The molecule has 3 nitrogen and oxygen atoms in total. The van der Waals surface area contributed by atoms with Crippen LogP contribution in [0.1, 0.15) is 16.3 Å². The van der Waals surface area contributed by atoms with Gasteiger partial charge in [0.05, 0.1) is 0 Å². The van der Waals surface area contributed by atoms with Gasteiger partial charge in [-0.05, 0) is 30.2 Å². The summed E-state index contributed by atoms with van der Waals surface area (Å²) in [6, 6.07) is 10.9. The standard InChI is InChI=1S/C13H9ClO3/c1-8-7-10(9-5-3-2-4-6-9)12(17-8)11(15)13(14)16/h2-7H,1H3. The van der Waals surface area contributed by atoms with Crippen LogP contribution in [-0.2, 0) is 4.79 Å². The van der Waals surface area contributed by atoms with E-state index >= 15 is 0 Å². The van der Waals surface area contributed by atoms with E-state index in [2.05, 4.69) is 0 Å². The van der Waals surface area contributed by atoms with Crippen molar-refractivity contribution in [1.29, 1.82) is 0 Å². The second-order valence-electron chi connectivity index (χ2n) is 3.57. The fourth-order valence-corrected chi connectivity index (χ4v) is 1.69. The number of hydrogen-bond donors (Lipinski definition) is 0. The zero-order chi connectivity index (χ0) is 12.4. The number of furan rings is 1. The van der Waals surface area contributed by atoms with Crippen molar-refractivity contribution in [3.8, 4) is 11.1 Å². The molecule has 0 saturated carbocycles. The average Bonchev–Trinajstić information content (AvgIpc) is 2.71. The third-order valence-corrected chi connectivity index (χ3v) is 2.50. The summed E-state index contributed by atoms with van der Waals surface area (Å²) in [5.74, 6) is -0.266. The number of halogens is 1. The van der Waals surface area contributed by atoms with Crippen molar-refractivity contribution in [3.05, 3.63) is 47.9 Å². The highest BCUT2D eigenvalue weighted by molar-refractivity contribution is 6.83. The summed E-state index contributed by atoms with van der Waals surface area (Å²) in [7, 11) is 0. The van der Waals surface area contributed by atoms with E-state index < -0.39 is 11.0 Å². The summed E-state index contributed by atoms with van der Waals surface area (Å²) in [5, 5.41) is -1.04. The van der Waals surface area contributed by atoms with Crippen LogP contribution in [0.2, 0.25) is 0 Å². The normalized spacial score (nSPS) is 10.2. The molecule has 1 aromatic carbocycles. The number of benzene rings is 1. The van der Waals surface area contributed by atoms with E-state index in [4.69, 9.17) is 16.0 Å². The quantitative estimate of drug-likeness (QED) is 0.476. The summed E-state index contributed by atoms with van der Waals surface area (Å²) in [5.41, 5.74) is 1.40. The smallest absolute Gasteiger partial charge is 0.296 e. The Morgan fingerprint density at radius 3 is 2.41 bits per heavy atom. The molecular formula is C13H9ClO3. The monoisotopic (exact) mass is 248 g/mol. The highest BCUT2D eigenvalue weighted by Gasteiger charge is 2.23. The van der Waals surface area contributed by atoms with Gasteiger partial charge in [0.1, 0.15) is 5.76 Å². The van der Waals surface area contributed by atoms with Gasteiger partial charge in [-0.1, -0.05) is 30.3 Å². The second kappa shape index (κ2) is 4.55. The molecular weight excluding hydrogens is 240 g/mol. The topological polar surface area (TPSA) is 47.3 Å². The van der Waals surface area contributed by atoms with Crippen LogP contribution >= 0.6 is 11.6 Å². The van der Waals surface area contributed by atoms with Crippen molar-refractivity contribution in [3.63, 3.8) is 0 Å². The molecule has 0 aliphatic rings. The van der Waals surface area contributed by atoms with Gasteiger partial charge in [0.15, 0.2) is 5.76 Å². The van der Waals surface area contributed by atoms with Crippen molar-refractivity contribution in [1.82, 2.24) is 0 Å². The van der Waals surface area contributed by atoms with E-state index in [0.29, 0.717) is 11.3 Å². The van der Waals surface area contributed by atoms with Crippen molar-refractivity contribution < 1.29 is 14.0 Å². The van der Waals surface area contributed by atoms with Crippen molar-refractivity contribution in [2.24, 2.45) is 0 Å². The lowest BCUT2D eigenvalue weighted by Crippen LogP contribution is -2.07. The maximum absolute atomic E-state index is 11.6. The average molecular weight is 249 g/mol. The molecule has 0 N–H and O–H groups in total. The molecule has 2 rings (SSSR count). The van der Waals surface area contributed by atoms with Crippen LogP contribution in [0, 0.1) is 6.92 Å². The first-order chi connectivity index (χ1) is 8.09. The van der Waals surface area contributed by atoms with Gasteiger partial charge in [-0.3, -0.25) is 9.59 Å². The predicted molar refractivity (Wildman–Crippen MR) is 64.1 cm³/mol. The van der Waals surface area contributed by atoms with Gasteiger partial charge < -0.3 is 4.42 Å². The lowest BCUT2D eigenvalue weighted by molar-refractivity contribution is -0.108. The molecule has 17 heavy (non-hydrogen) atoms. The number of ketones is 1. The van der Waals surface area contributed by atoms with E-state index in [-0.39, 0.29) is 5.76 Å². The van der Waals surface area contributed by atoms with Gasteiger partial charge in [-0.2, -0.15) is 0 Å².